The Morgan fingerprint density at radius 1 is 1.04 bits per heavy atom. The van der Waals surface area contributed by atoms with Crippen molar-refractivity contribution in [2.45, 2.75) is 6.42 Å². The number of likely N-dealkylation sites (tertiary alicyclic amines) is 1. The molecule has 0 radical (unpaired) electrons. The SMILES string of the molecule is O=C(O)[C@@H]1CCN(C(=O)c2ccccc2Nc2ccccc2)C1. The number of carboxylic acid groups (broad SMARTS) is 1. The first kappa shape index (κ1) is 15.1. The Morgan fingerprint density at radius 3 is 2.43 bits per heavy atom. The van der Waals surface area contributed by atoms with Crippen molar-refractivity contribution < 1.29 is 14.7 Å². The molecule has 23 heavy (non-hydrogen) atoms. The summed E-state index contributed by atoms with van der Waals surface area (Å²) in [7, 11) is 0. The second-order valence-electron chi connectivity index (χ2n) is 5.61. The van der Waals surface area contributed by atoms with Gasteiger partial charge in [0.1, 0.15) is 0 Å². The van der Waals surface area contributed by atoms with Gasteiger partial charge in [-0.2, -0.15) is 0 Å². The number of carboxylic acids is 1. The summed E-state index contributed by atoms with van der Waals surface area (Å²) < 4.78 is 0. The van der Waals surface area contributed by atoms with Crippen LogP contribution in [0.25, 0.3) is 0 Å². The fraction of sp³-hybridized carbons (Fsp3) is 0.222. The van der Waals surface area contributed by atoms with Crippen molar-refractivity contribution in [2.75, 3.05) is 18.4 Å². The van der Waals surface area contributed by atoms with E-state index in [0.29, 0.717) is 18.5 Å². The molecular weight excluding hydrogens is 292 g/mol. The summed E-state index contributed by atoms with van der Waals surface area (Å²) in [5, 5.41) is 12.3. The summed E-state index contributed by atoms with van der Waals surface area (Å²) in [6.07, 6.45) is 0.509. The lowest BCUT2D eigenvalue weighted by atomic mass is 10.1. The van der Waals surface area contributed by atoms with Crippen LogP contribution in [0.4, 0.5) is 11.4 Å². The van der Waals surface area contributed by atoms with Crippen molar-refractivity contribution in [1.82, 2.24) is 4.90 Å². The van der Waals surface area contributed by atoms with Gasteiger partial charge in [-0.05, 0) is 30.7 Å². The van der Waals surface area contributed by atoms with Crippen LogP contribution in [0.5, 0.6) is 0 Å². The smallest absolute Gasteiger partial charge is 0.308 e. The van der Waals surface area contributed by atoms with Gasteiger partial charge in [0.25, 0.3) is 5.91 Å². The topological polar surface area (TPSA) is 69.6 Å². The van der Waals surface area contributed by atoms with E-state index in [4.69, 9.17) is 5.11 Å². The Labute approximate surface area is 134 Å². The number of benzene rings is 2. The van der Waals surface area contributed by atoms with E-state index in [1.54, 1.807) is 11.0 Å². The number of nitrogens with one attached hydrogen (secondary N) is 1. The lowest BCUT2D eigenvalue weighted by Crippen LogP contribution is -2.30. The maximum Gasteiger partial charge on any atom is 0.308 e. The minimum Gasteiger partial charge on any atom is -0.481 e. The van der Waals surface area contributed by atoms with Gasteiger partial charge in [0, 0.05) is 18.8 Å². The minimum absolute atomic E-state index is 0.132. The maximum absolute atomic E-state index is 12.7. The first-order valence-corrected chi connectivity index (χ1v) is 7.58. The molecule has 5 heteroatoms. The van der Waals surface area contributed by atoms with Gasteiger partial charge in [0.2, 0.25) is 0 Å². The Balaban J connectivity index is 1.80. The third kappa shape index (κ3) is 3.34. The highest BCUT2D eigenvalue weighted by Gasteiger charge is 2.31. The number of aliphatic carboxylic acids is 1. The molecule has 0 unspecified atom stereocenters. The fourth-order valence-corrected chi connectivity index (χ4v) is 2.77. The number of nitrogens with zero attached hydrogens (tertiary/aromatic N) is 1. The standard InChI is InChI=1S/C18H18N2O3/c21-17(20-11-10-13(12-20)18(22)23)15-8-4-5-9-16(15)19-14-6-2-1-3-7-14/h1-9,13,19H,10-12H2,(H,22,23)/t13-/m1/s1. The zero-order valence-electron chi connectivity index (χ0n) is 12.6. The quantitative estimate of drug-likeness (QED) is 0.911. The van der Waals surface area contributed by atoms with Crippen molar-refractivity contribution in [3.63, 3.8) is 0 Å². The van der Waals surface area contributed by atoms with E-state index in [0.717, 1.165) is 11.4 Å². The Kier molecular flexibility index (Phi) is 4.28. The molecule has 1 saturated heterocycles. The minimum atomic E-state index is -0.837. The van der Waals surface area contributed by atoms with Crippen molar-refractivity contribution in [3.8, 4) is 0 Å². The van der Waals surface area contributed by atoms with E-state index >= 15 is 0 Å². The maximum atomic E-state index is 12.7. The molecule has 0 spiro atoms. The van der Waals surface area contributed by atoms with Crippen LogP contribution in [0.2, 0.25) is 0 Å². The number of hydrogen-bond donors (Lipinski definition) is 2. The molecule has 3 rings (SSSR count). The molecule has 0 aliphatic carbocycles. The Morgan fingerprint density at radius 2 is 1.74 bits per heavy atom. The fourth-order valence-electron chi connectivity index (χ4n) is 2.77. The first-order valence-electron chi connectivity index (χ1n) is 7.58. The van der Waals surface area contributed by atoms with E-state index in [1.807, 2.05) is 48.5 Å². The molecule has 1 aliphatic heterocycles. The van der Waals surface area contributed by atoms with Crippen molar-refractivity contribution >= 4 is 23.3 Å². The van der Waals surface area contributed by atoms with Crippen molar-refractivity contribution in [2.24, 2.45) is 5.92 Å². The third-order valence-electron chi connectivity index (χ3n) is 4.03. The van der Waals surface area contributed by atoms with Gasteiger partial charge in [-0.25, -0.2) is 0 Å². The highest BCUT2D eigenvalue weighted by Crippen LogP contribution is 2.25. The van der Waals surface area contributed by atoms with E-state index in [-0.39, 0.29) is 12.5 Å². The molecule has 1 aliphatic rings. The molecule has 1 fully saturated rings. The summed E-state index contributed by atoms with van der Waals surface area (Å²) in [4.78, 5) is 25.4. The number of para-hydroxylation sites is 2. The van der Waals surface area contributed by atoms with E-state index in [9.17, 15) is 9.59 Å². The molecule has 2 aromatic rings. The van der Waals surface area contributed by atoms with Crippen LogP contribution >= 0.6 is 0 Å². The van der Waals surface area contributed by atoms with Crippen molar-refractivity contribution in [1.29, 1.82) is 0 Å². The first-order chi connectivity index (χ1) is 11.1. The van der Waals surface area contributed by atoms with Gasteiger partial charge in [0.15, 0.2) is 0 Å². The molecule has 2 aromatic carbocycles. The molecule has 5 nitrogen and oxygen atoms in total. The molecule has 0 aromatic heterocycles. The van der Waals surface area contributed by atoms with Crippen LogP contribution in [-0.2, 0) is 4.79 Å². The number of rotatable bonds is 4. The molecule has 1 atom stereocenters. The summed E-state index contributed by atoms with van der Waals surface area (Å²) in [6.45, 7) is 0.753. The second-order valence-corrected chi connectivity index (χ2v) is 5.61. The predicted octanol–water partition coefficient (Wildman–Crippen LogP) is 2.98. The summed E-state index contributed by atoms with van der Waals surface area (Å²) in [5.74, 6) is -1.43. The molecule has 1 amide bonds. The predicted molar refractivity (Wildman–Crippen MR) is 87.8 cm³/mol. The summed E-state index contributed by atoms with van der Waals surface area (Å²) in [5.41, 5.74) is 2.18. The van der Waals surface area contributed by atoms with Crippen LogP contribution in [0.15, 0.2) is 54.6 Å². The van der Waals surface area contributed by atoms with Gasteiger partial charge in [0.05, 0.1) is 17.2 Å². The molecular formula is C18H18N2O3. The van der Waals surface area contributed by atoms with Crippen LogP contribution in [0, 0.1) is 5.92 Å². The van der Waals surface area contributed by atoms with E-state index < -0.39 is 11.9 Å². The normalized spacial score (nSPS) is 17.0. The van der Waals surface area contributed by atoms with Gasteiger partial charge < -0.3 is 15.3 Å². The average Bonchev–Trinajstić information content (AvgIpc) is 3.06. The van der Waals surface area contributed by atoms with Crippen LogP contribution in [0.1, 0.15) is 16.8 Å². The van der Waals surface area contributed by atoms with Gasteiger partial charge >= 0.3 is 5.97 Å². The van der Waals surface area contributed by atoms with Gasteiger partial charge in [-0.1, -0.05) is 30.3 Å². The number of hydrogen-bond acceptors (Lipinski definition) is 3. The molecule has 2 N–H and O–H groups in total. The van der Waals surface area contributed by atoms with E-state index in [2.05, 4.69) is 5.32 Å². The highest BCUT2D eigenvalue weighted by atomic mass is 16.4. The van der Waals surface area contributed by atoms with Crippen LogP contribution in [-0.4, -0.2) is 35.0 Å². The largest absolute Gasteiger partial charge is 0.481 e. The van der Waals surface area contributed by atoms with Crippen molar-refractivity contribution in [3.05, 3.63) is 60.2 Å². The zero-order valence-corrected chi connectivity index (χ0v) is 12.6. The summed E-state index contributed by atoms with van der Waals surface area (Å²) in [6, 6.07) is 16.9. The average molecular weight is 310 g/mol. The summed E-state index contributed by atoms with van der Waals surface area (Å²) >= 11 is 0. The monoisotopic (exact) mass is 310 g/mol. The van der Waals surface area contributed by atoms with Gasteiger partial charge in [-0.15, -0.1) is 0 Å². The number of carbonyl (C=O) groups is 2. The Hall–Kier alpha value is -2.82. The molecule has 118 valence electrons. The number of amides is 1. The number of anilines is 2. The lowest BCUT2D eigenvalue weighted by molar-refractivity contribution is -0.141. The number of carbonyl (C=O) groups excluding carboxylic acids is 1. The second kappa shape index (κ2) is 6.52. The zero-order chi connectivity index (χ0) is 16.2. The van der Waals surface area contributed by atoms with Gasteiger partial charge in [-0.3, -0.25) is 9.59 Å². The molecule has 1 heterocycles. The Bertz CT molecular complexity index is 715. The van der Waals surface area contributed by atoms with Crippen LogP contribution in [0.3, 0.4) is 0 Å². The van der Waals surface area contributed by atoms with E-state index in [1.165, 1.54) is 0 Å². The molecule has 0 bridgehead atoms. The third-order valence-corrected chi connectivity index (χ3v) is 4.03. The van der Waals surface area contributed by atoms with Crippen LogP contribution < -0.4 is 5.32 Å². The highest BCUT2D eigenvalue weighted by molar-refractivity contribution is 6.00. The lowest BCUT2D eigenvalue weighted by Gasteiger charge is -2.18. The molecule has 0 saturated carbocycles.